The highest BCUT2D eigenvalue weighted by atomic mass is 32.2. The number of aryl methyl sites for hydroxylation is 4. The summed E-state index contributed by atoms with van der Waals surface area (Å²) in [5.41, 5.74) is 3.48. The summed E-state index contributed by atoms with van der Waals surface area (Å²) in [4.78, 5) is 2.38. The van der Waals surface area contributed by atoms with Gasteiger partial charge in [-0.3, -0.25) is 5.10 Å². The van der Waals surface area contributed by atoms with Crippen LogP contribution in [0.3, 0.4) is 0 Å². The van der Waals surface area contributed by atoms with Crippen LogP contribution in [0, 0.1) is 13.8 Å². The molecule has 8 nitrogen and oxygen atoms in total. The molecule has 140 valence electrons. The normalized spacial score (nSPS) is 18.1. The molecule has 26 heavy (non-hydrogen) atoms. The third kappa shape index (κ3) is 2.79. The van der Waals surface area contributed by atoms with Crippen LogP contribution in [-0.2, 0) is 22.9 Å². The van der Waals surface area contributed by atoms with Gasteiger partial charge in [0.1, 0.15) is 4.90 Å². The largest absolute Gasteiger partial charge is 0.352 e. The van der Waals surface area contributed by atoms with Crippen LogP contribution in [0.5, 0.6) is 0 Å². The van der Waals surface area contributed by atoms with Crippen molar-refractivity contribution in [3.8, 4) is 0 Å². The number of aromatic nitrogens is 4. The Morgan fingerprint density at radius 2 is 1.92 bits per heavy atom. The van der Waals surface area contributed by atoms with E-state index in [9.17, 15) is 8.42 Å². The van der Waals surface area contributed by atoms with E-state index in [0.717, 1.165) is 24.4 Å². The van der Waals surface area contributed by atoms with Gasteiger partial charge in [-0.25, -0.2) is 8.42 Å². The molecule has 1 aliphatic heterocycles. The van der Waals surface area contributed by atoms with E-state index in [0.29, 0.717) is 24.5 Å². The van der Waals surface area contributed by atoms with Gasteiger partial charge >= 0.3 is 0 Å². The lowest BCUT2D eigenvalue weighted by atomic mass is 9.96. The summed E-state index contributed by atoms with van der Waals surface area (Å²) in [6, 6.07) is 2.04. The first-order valence-corrected chi connectivity index (χ1v) is 10.4. The first kappa shape index (κ1) is 17.4. The average Bonchev–Trinajstić information content (AvgIpc) is 2.92. The van der Waals surface area contributed by atoms with Crippen molar-refractivity contribution in [1.29, 1.82) is 0 Å². The second kappa shape index (κ2) is 6.31. The molecule has 1 saturated heterocycles. The third-order valence-corrected chi connectivity index (χ3v) is 7.63. The number of rotatable bonds is 4. The van der Waals surface area contributed by atoms with Crippen molar-refractivity contribution >= 4 is 15.8 Å². The monoisotopic (exact) mass is 376 g/mol. The topological polar surface area (TPSA) is 95.1 Å². The van der Waals surface area contributed by atoms with Gasteiger partial charge in [0.2, 0.25) is 10.0 Å². The van der Waals surface area contributed by atoms with Crippen LogP contribution >= 0.6 is 0 Å². The van der Waals surface area contributed by atoms with Gasteiger partial charge < -0.3 is 4.90 Å². The third-order valence-electron chi connectivity index (χ3n) is 5.45. The Hall–Kier alpha value is -2.00. The molecular formula is C17H24N6O2S. The lowest BCUT2D eigenvalue weighted by Crippen LogP contribution is -2.60. The number of anilines is 1. The molecule has 0 atom stereocenters. The summed E-state index contributed by atoms with van der Waals surface area (Å²) >= 11 is 0. The molecule has 9 heteroatoms. The fourth-order valence-electron chi connectivity index (χ4n) is 3.77. The first-order chi connectivity index (χ1) is 12.4. The number of aromatic amines is 1. The number of fused-ring (bicyclic) bond motifs is 1. The van der Waals surface area contributed by atoms with Crippen molar-refractivity contribution in [2.24, 2.45) is 0 Å². The lowest BCUT2D eigenvalue weighted by molar-refractivity contribution is 0.308. The van der Waals surface area contributed by atoms with E-state index in [1.165, 1.54) is 22.7 Å². The molecule has 1 N–H and O–H groups in total. The smallest absolute Gasteiger partial charge is 0.246 e. The van der Waals surface area contributed by atoms with Crippen LogP contribution in [0.25, 0.3) is 0 Å². The minimum atomic E-state index is -3.56. The van der Waals surface area contributed by atoms with Gasteiger partial charge in [0.25, 0.3) is 0 Å². The van der Waals surface area contributed by atoms with E-state index in [4.69, 9.17) is 0 Å². The van der Waals surface area contributed by atoms with Crippen LogP contribution in [0.15, 0.2) is 11.0 Å². The van der Waals surface area contributed by atoms with Gasteiger partial charge in [0.05, 0.1) is 23.1 Å². The van der Waals surface area contributed by atoms with Gasteiger partial charge in [-0.15, -0.1) is 5.10 Å². The predicted molar refractivity (Wildman–Crippen MR) is 97.7 cm³/mol. The van der Waals surface area contributed by atoms with Gasteiger partial charge in [-0.2, -0.15) is 14.5 Å². The number of H-pyrrole nitrogens is 1. The Balaban J connectivity index is 1.48. The molecule has 0 radical (unpaired) electrons. The maximum absolute atomic E-state index is 12.9. The number of hydrogen-bond acceptors (Lipinski definition) is 6. The zero-order valence-electron chi connectivity index (χ0n) is 15.4. The Labute approximate surface area is 153 Å². The number of nitrogens with zero attached hydrogens (tertiary/aromatic N) is 5. The zero-order valence-corrected chi connectivity index (χ0v) is 16.2. The molecule has 2 aromatic heterocycles. The van der Waals surface area contributed by atoms with Gasteiger partial charge in [0, 0.05) is 20.1 Å². The van der Waals surface area contributed by atoms with Crippen LogP contribution in [0.4, 0.5) is 5.82 Å². The maximum atomic E-state index is 12.9. The minimum absolute atomic E-state index is 0.0773. The number of hydrogen-bond donors (Lipinski definition) is 1. The standard InChI is InChI=1S/C17H24N6O2S/c1-11-17(12(2)19-18-11)26(24,25)22(3)14-9-23(10-14)16-8-13-6-4-5-7-15(13)20-21-16/h8,14H,4-7,9-10H2,1-3H3,(H,18,19). The Morgan fingerprint density at radius 1 is 1.19 bits per heavy atom. The molecule has 3 heterocycles. The van der Waals surface area contributed by atoms with Crippen LogP contribution in [0.1, 0.15) is 35.5 Å². The molecule has 0 saturated carbocycles. The molecule has 0 unspecified atom stereocenters. The Kier molecular flexibility index (Phi) is 4.23. The van der Waals surface area contributed by atoms with E-state index >= 15 is 0 Å². The van der Waals surface area contributed by atoms with E-state index < -0.39 is 10.0 Å². The number of sulfonamides is 1. The Bertz CT molecular complexity index is 913. The van der Waals surface area contributed by atoms with Crippen molar-refractivity contribution < 1.29 is 8.42 Å². The van der Waals surface area contributed by atoms with Gasteiger partial charge in [0.15, 0.2) is 5.82 Å². The van der Waals surface area contributed by atoms with E-state index in [1.54, 1.807) is 20.9 Å². The van der Waals surface area contributed by atoms with Crippen LogP contribution in [0.2, 0.25) is 0 Å². The highest BCUT2D eigenvalue weighted by molar-refractivity contribution is 7.89. The summed E-state index contributed by atoms with van der Waals surface area (Å²) in [5.74, 6) is 0.850. The first-order valence-electron chi connectivity index (χ1n) is 8.98. The molecule has 0 amide bonds. The summed E-state index contributed by atoms with van der Waals surface area (Å²) in [7, 11) is -1.92. The fourth-order valence-corrected chi connectivity index (χ4v) is 5.43. The zero-order chi connectivity index (χ0) is 18.5. The van der Waals surface area contributed by atoms with Crippen molar-refractivity contribution in [3.05, 3.63) is 28.7 Å². The molecule has 0 bridgehead atoms. The molecule has 0 spiro atoms. The van der Waals surface area contributed by atoms with E-state index in [-0.39, 0.29) is 10.9 Å². The molecule has 4 rings (SSSR count). The van der Waals surface area contributed by atoms with Gasteiger partial charge in [-0.05, 0) is 51.2 Å². The summed E-state index contributed by atoms with van der Waals surface area (Å²) in [5, 5.41) is 15.5. The summed E-state index contributed by atoms with van der Waals surface area (Å²) in [6.45, 7) is 4.69. The SMILES string of the molecule is Cc1n[nH]c(C)c1S(=O)(=O)N(C)C1CN(c2cc3c(nn2)CCCC3)C1. The van der Waals surface area contributed by atoms with E-state index in [2.05, 4.69) is 31.4 Å². The number of likely N-dealkylation sites (N-methyl/N-ethyl adjacent to an activating group) is 1. The second-order valence-electron chi connectivity index (χ2n) is 7.22. The molecule has 1 fully saturated rings. The summed E-state index contributed by atoms with van der Waals surface area (Å²) in [6.07, 6.45) is 4.45. The molecule has 1 aliphatic carbocycles. The molecule has 0 aromatic carbocycles. The quantitative estimate of drug-likeness (QED) is 0.862. The Morgan fingerprint density at radius 3 is 2.62 bits per heavy atom. The highest BCUT2D eigenvalue weighted by Crippen LogP contribution is 2.29. The number of nitrogens with one attached hydrogen (secondary N) is 1. The second-order valence-corrected chi connectivity index (χ2v) is 9.16. The van der Waals surface area contributed by atoms with Crippen LogP contribution < -0.4 is 4.90 Å². The van der Waals surface area contributed by atoms with Crippen molar-refractivity contribution in [3.63, 3.8) is 0 Å². The molecular weight excluding hydrogens is 352 g/mol. The lowest BCUT2D eigenvalue weighted by Gasteiger charge is -2.43. The van der Waals surface area contributed by atoms with Gasteiger partial charge in [-0.1, -0.05) is 0 Å². The van der Waals surface area contributed by atoms with E-state index in [1.807, 2.05) is 0 Å². The maximum Gasteiger partial charge on any atom is 0.246 e. The molecule has 2 aliphatic rings. The van der Waals surface area contributed by atoms with Crippen molar-refractivity contribution in [1.82, 2.24) is 24.7 Å². The summed E-state index contributed by atoms with van der Waals surface area (Å²) < 4.78 is 27.3. The average molecular weight is 376 g/mol. The highest BCUT2D eigenvalue weighted by Gasteiger charge is 2.39. The predicted octanol–water partition coefficient (Wildman–Crippen LogP) is 1.20. The minimum Gasteiger partial charge on any atom is -0.352 e. The van der Waals surface area contributed by atoms with Crippen molar-refractivity contribution in [2.75, 3.05) is 25.0 Å². The van der Waals surface area contributed by atoms with Crippen molar-refractivity contribution in [2.45, 2.75) is 50.5 Å². The fraction of sp³-hybridized carbons (Fsp3) is 0.588. The van der Waals surface area contributed by atoms with Crippen LogP contribution in [-0.4, -0.2) is 59.3 Å². The molecule has 2 aromatic rings.